The lowest BCUT2D eigenvalue weighted by atomic mass is 10.1. The zero-order chi connectivity index (χ0) is 12.5. The minimum absolute atomic E-state index is 0.0547. The van der Waals surface area contributed by atoms with Gasteiger partial charge in [-0.3, -0.25) is 0 Å². The molecule has 0 saturated carbocycles. The largest absolute Gasteiger partial charge is 0.505 e. The van der Waals surface area contributed by atoms with Crippen molar-refractivity contribution < 1.29 is 32.2 Å². The molecule has 0 amide bonds. The molecule has 0 aliphatic heterocycles. The van der Waals surface area contributed by atoms with Gasteiger partial charge in [0.05, 0.1) is 6.61 Å². The predicted molar refractivity (Wildman–Crippen MR) is 41.8 cm³/mol. The average Bonchev–Trinajstić information content (AvgIpc) is 2.15. The van der Waals surface area contributed by atoms with Gasteiger partial charge in [-0.25, -0.2) is 13.8 Å². The molecule has 8 heteroatoms. The molecule has 3 nitrogen and oxygen atoms in total. The fourth-order valence-electron chi connectivity index (χ4n) is 1.05. The standard InChI is InChI=1S/C8H6F5NO2/c9-7(10)4-1-3(8(11,12)13)6(16)5(2-15)14-4/h1,7,15-16H,2H2. The molecule has 90 valence electrons. The summed E-state index contributed by atoms with van der Waals surface area (Å²) >= 11 is 0. The van der Waals surface area contributed by atoms with E-state index in [0.717, 1.165) is 0 Å². The van der Waals surface area contributed by atoms with Gasteiger partial charge >= 0.3 is 6.18 Å². The van der Waals surface area contributed by atoms with E-state index in [2.05, 4.69) is 4.98 Å². The van der Waals surface area contributed by atoms with Crippen LogP contribution in [0.15, 0.2) is 6.07 Å². The maximum Gasteiger partial charge on any atom is 0.420 e. The number of rotatable bonds is 2. The van der Waals surface area contributed by atoms with Gasteiger partial charge in [-0.15, -0.1) is 0 Å². The third kappa shape index (κ3) is 2.38. The van der Waals surface area contributed by atoms with Gasteiger partial charge in [-0.05, 0) is 6.07 Å². The quantitative estimate of drug-likeness (QED) is 0.783. The summed E-state index contributed by atoms with van der Waals surface area (Å²) in [5.41, 5.74) is -3.61. The summed E-state index contributed by atoms with van der Waals surface area (Å²) in [6.45, 7) is -1.06. The number of halogens is 5. The summed E-state index contributed by atoms with van der Waals surface area (Å²) in [4.78, 5) is 3.01. The number of pyridine rings is 1. The van der Waals surface area contributed by atoms with Crippen LogP contribution in [-0.2, 0) is 12.8 Å². The number of alkyl halides is 5. The lowest BCUT2D eigenvalue weighted by Gasteiger charge is -2.12. The van der Waals surface area contributed by atoms with Crippen LogP contribution < -0.4 is 0 Å². The Labute approximate surface area is 86.2 Å². The number of aliphatic hydroxyl groups excluding tert-OH is 1. The highest BCUT2D eigenvalue weighted by atomic mass is 19.4. The van der Waals surface area contributed by atoms with E-state index in [1.54, 1.807) is 0 Å². The molecular weight excluding hydrogens is 237 g/mol. The molecule has 0 aliphatic rings. The molecule has 0 fully saturated rings. The number of aliphatic hydroxyl groups is 1. The monoisotopic (exact) mass is 243 g/mol. The van der Waals surface area contributed by atoms with Crippen LogP contribution >= 0.6 is 0 Å². The lowest BCUT2D eigenvalue weighted by Crippen LogP contribution is -2.10. The zero-order valence-corrected chi connectivity index (χ0v) is 7.59. The molecule has 0 spiro atoms. The third-order valence-corrected chi connectivity index (χ3v) is 1.76. The van der Waals surface area contributed by atoms with Crippen LogP contribution in [0, 0.1) is 0 Å². The molecule has 0 aliphatic carbocycles. The molecular formula is C8H6F5NO2. The van der Waals surface area contributed by atoms with E-state index in [9.17, 15) is 22.0 Å². The highest BCUT2D eigenvalue weighted by Crippen LogP contribution is 2.38. The van der Waals surface area contributed by atoms with Crippen molar-refractivity contribution in [2.75, 3.05) is 0 Å². The zero-order valence-electron chi connectivity index (χ0n) is 7.59. The van der Waals surface area contributed by atoms with Crippen LogP contribution in [0.2, 0.25) is 0 Å². The maximum absolute atomic E-state index is 12.3. The molecule has 2 N–H and O–H groups in total. The first-order chi connectivity index (χ1) is 7.27. The summed E-state index contributed by atoms with van der Waals surface area (Å²) < 4.78 is 61.3. The summed E-state index contributed by atoms with van der Waals surface area (Å²) in [6.07, 6.45) is -8.20. The van der Waals surface area contributed by atoms with Crippen molar-refractivity contribution >= 4 is 0 Å². The normalized spacial score (nSPS) is 12.2. The average molecular weight is 243 g/mol. The molecule has 1 heterocycles. The molecule has 0 bridgehead atoms. The van der Waals surface area contributed by atoms with Crippen molar-refractivity contribution in [2.45, 2.75) is 19.2 Å². The maximum atomic E-state index is 12.3. The smallest absolute Gasteiger partial charge is 0.420 e. The fraction of sp³-hybridized carbons (Fsp3) is 0.375. The van der Waals surface area contributed by atoms with E-state index in [1.807, 2.05) is 0 Å². The predicted octanol–water partition coefficient (Wildman–Crippen LogP) is 2.24. The molecule has 1 aromatic rings. The molecule has 0 aromatic carbocycles. The van der Waals surface area contributed by atoms with Crippen molar-refractivity contribution in [1.82, 2.24) is 4.98 Å². The third-order valence-electron chi connectivity index (χ3n) is 1.76. The molecule has 1 rings (SSSR count). The first-order valence-electron chi connectivity index (χ1n) is 3.96. The van der Waals surface area contributed by atoms with Crippen LogP contribution in [0.3, 0.4) is 0 Å². The van der Waals surface area contributed by atoms with Crippen LogP contribution in [0.25, 0.3) is 0 Å². The van der Waals surface area contributed by atoms with Crippen LogP contribution in [0.4, 0.5) is 22.0 Å². The van der Waals surface area contributed by atoms with Gasteiger partial charge in [0.2, 0.25) is 0 Å². The second-order valence-corrected chi connectivity index (χ2v) is 2.85. The van der Waals surface area contributed by atoms with Gasteiger partial charge in [-0.2, -0.15) is 13.2 Å². The SMILES string of the molecule is OCc1nc(C(F)F)cc(C(F)(F)F)c1O. The summed E-state index contributed by atoms with van der Waals surface area (Å²) in [5.74, 6) is -1.33. The molecule has 0 atom stereocenters. The van der Waals surface area contributed by atoms with E-state index < -0.39 is 41.9 Å². The number of nitrogens with zero attached hydrogens (tertiary/aromatic N) is 1. The minimum atomic E-state index is -4.99. The van der Waals surface area contributed by atoms with E-state index in [0.29, 0.717) is 0 Å². The van der Waals surface area contributed by atoms with Gasteiger partial charge in [-0.1, -0.05) is 0 Å². The first-order valence-corrected chi connectivity index (χ1v) is 3.96. The highest BCUT2D eigenvalue weighted by Gasteiger charge is 2.36. The van der Waals surface area contributed by atoms with Gasteiger partial charge in [0.1, 0.15) is 17.0 Å². The fourth-order valence-corrected chi connectivity index (χ4v) is 1.05. The minimum Gasteiger partial charge on any atom is -0.505 e. The molecule has 0 saturated heterocycles. The Morgan fingerprint density at radius 2 is 1.88 bits per heavy atom. The van der Waals surface area contributed by atoms with Gasteiger partial charge in [0.15, 0.2) is 5.75 Å². The number of hydrogen-bond acceptors (Lipinski definition) is 3. The second kappa shape index (κ2) is 4.20. The topological polar surface area (TPSA) is 53.4 Å². The Hall–Kier alpha value is -1.44. The Morgan fingerprint density at radius 1 is 1.31 bits per heavy atom. The van der Waals surface area contributed by atoms with Crippen molar-refractivity contribution in [1.29, 1.82) is 0 Å². The number of aromatic hydroxyl groups is 1. The Balaban J connectivity index is 3.42. The van der Waals surface area contributed by atoms with Crippen LogP contribution in [0.1, 0.15) is 23.4 Å². The number of aromatic nitrogens is 1. The Morgan fingerprint density at radius 3 is 2.25 bits per heavy atom. The summed E-state index contributed by atoms with van der Waals surface area (Å²) in [6, 6.07) is 0.0547. The van der Waals surface area contributed by atoms with E-state index in [-0.39, 0.29) is 6.07 Å². The molecule has 0 unspecified atom stereocenters. The summed E-state index contributed by atoms with van der Waals surface area (Å²) in [7, 11) is 0. The van der Waals surface area contributed by atoms with E-state index in [1.165, 1.54) is 0 Å². The summed E-state index contributed by atoms with van der Waals surface area (Å²) in [5, 5.41) is 17.6. The van der Waals surface area contributed by atoms with Crippen LogP contribution in [0.5, 0.6) is 5.75 Å². The second-order valence-electron chi connectivity index (χ2n) is 2.85. The lowest BCUT2D eigenvalue weighted by molar-refractivity contribution is -0.139. The molecule has 0 radical (unpaired) electrons. The van der Waals surface area contributed by atoms with Crippen molar-refractivity contribution in [2.24, 2.45) is 0 Å². The van der Waals surface area contributed by atoms with E-state index >= 15 is 0 Å². The highest BCUT2D eigenvalue weighted by molar-refractivity contribution is 5.39. The van der Waals surface area contributed by atoms with Crippen molar-refractivity contribution in [3.63, 3.8) is 0 Å². The number of hydrogen-bond donors (Lipinski definition) is 2. The van der Waals surface area contributed by atoms with E-state index in [4.69, 9.17) is 10.2 Å². The van der Waals surface area contributed by atoms with Crippen molar-refractivity contribution in [3.05, 3.63) is 23.0 Å². The van der Waals surface area contributed by atoms with Gasteiger partial charge in [0, 0.05) is 0 Å². The van der Waals surface area contributed by atoms with Crippen molar-refractivity contribution in [3.8, 4) is 5.75 Å². The molecule has 16 heavy (non-hydrogen) atoms. The van der Waals surface area contributed by atoms with Gasteiger partial charge < -0.3 is 10.2 Å². The Kier molecular flexibility index (Phi) is 3.32. The molecule has 1 aromatic heterocycles. The Bertz CT molecular complexity index is 391. The van der Waals surface area contributed by atoms with Gasteiger partial charge in [0.25, 0.3) is 6.43 Å². The van der Waals surface area contributed by atoms with Crippen LogP contribution in [-0.4, -0.2) is 15.2 Å². The first kappa shape index (κ1) is 12.6.